The molecule has 1 heterocycles. The molecule has 1 rings (SSSR count). The van der Waals surface area contributed by atoms with Crippen LogP contribution in [0.1, 0.15) is 52.9 Å². The zero-order chi connectivity index (χ0) is 30.6. The topological polar surface area (TPSA) is 273 Å². The number of hydrogen-bond donors (Lipinski definition) is 9. The molecule has 0 spiro atoms. The van der Waals surface area contributed by atoms with Crippen molar-refractivity contribution in [3.05, 3.63) is 0 Å². The number of aliphatic hydroxyl groups excluding tert-OH is 3. The van der Waals surface area contributed by atoms with Gasteiger partial charge in [-0.25, -0.2) is 4.79 Å². The van der Waals surface area contributed by atoms with E-state index in [9.17, 15) is 44.4 Å². The van der Waals surface area contributed by atoms with Crippen LogP contribution in [0.25, 0.3) is 0 Å². The van der Waals surface area contributed by atoms with Crippen LogP contribution in [0.3, 0.4) is 0 Å². The van der Waals surface area contributed by atoms with Gasteiger partial charge in [0.2, 0.25) is 23.6 Å². The Balaban J connectivity index is 2.64. The van der Waals surface area contributed by atoms with Gasteiger partial charge in [-0.3, -0.25) is 19.2 Å². The lowest BCUT2D eigenvalue weighted by Crippen LogP contribution is -2.58. The Labute approximate surface area is 232 Å². The van der Waals surface area contributed by atoms with Gasteiger partial charge in [-0.15, -0.1) is 0 Å². The molecule has 4 amide bonds. The highest BCUT2D eigenvalue weighted by Crippen LogP contribution is 2.27. The average molecular weight is 578 g/mol. The van der Waals surface area contributed by atoms with E-state index in [4.69, 9.17) is 20.9 Å². The molecule has 230 valence electrons. The largest absolute Gasteiger partial charge is 0.480 e. The molecule has 1 saturated heterocycles. The molecule has 3 unspecified atom stereocenters. The second kappa shape index (κ2) is 17.0. The Kier molecular flexibility index (Phi) is 15.0. The number of carbonyl (C=O) groups is 5. The highest BCUT2D eigenvalue weighted by atomic mass is 16.6. The van der Waals surface area contributed by atoms with E-state index >= 15 is 0 Å². The van der Waals surface area contributed by atoms with E-state index in [1.54, 1.807) is 0 Å². The van der Waals surface area contributed by atoms with E-state index in [1.165, 1.54) is 20.8 Å². The maximum Gasteiger partial charge on any atom is 0.326 e. The molecule has 0 radical (unpaired) electrons. The summed E-state index contributed by atoms with van der Waals surface area (Å²) in [4.78, 5) is 60.7. The second-order valence-electron chi connectivity index (χ2n) is 9.82. The van der Waals surface area contributed by atoms with Crippen molar-refractivity contribution in [2.75, 3.05) is 13.2 Å². The van der Waals surface area contributed by atoms with Crippen molar-refractivity contribution in [2.24, 2.45) is 17.4 Å². The Hall–Kier alpha value is -2.89. The smallest absolute Gasteiger partial charge is 0.326 e. The normalized spacial score (nSPS) is 25.6. The fourth-order valence-corrected chi connectivity index (χ4v) is 3.99. The van der Waals surface area contributed by atoms with Gasteiger partial charge in [0.05, 0.1) is 12.7 Å². The summed E-state index contributed by atoms with van der Waals surface area (Å²) in [5.74, 6) is -5.06. The van der Waals surface area contributed by atoms with E-state index in [1.807, 2.05) is 0 Å². The number of ether oxygens (including phenoxy) is 2. The molecule has 0 aromatic rings. The van der Waals surface area contributed by atoms with Crippen molar-refractivity contribution in [1.29, 1.82) is 0 Å². The van der Waals surface area contributed by atoms with Gasteiger partial charge in [0.25, 0.3) is 0 Å². The number of amides is 4. The number of nitrogens with one attached hydrogen (secondary N) is 3. The van der Waals surface area contributed by atoms with Crippen molar-refractivity contribution in [2.45, 2.75) is 102 Å². The molecule has 0 aromatic carbocycles. The molecule has 16 nitrogen and oxygen atoms in total. The second-order valence-corrected chi connectivity index (χ2v) is 9.82. The third-order valence-corrected chi connectivity index (χ3v) is 6.56. The zero-order valence-electron chi connectivity index (χ0n) is 22.9. The van der Waals surface area contributed by atoms with Gasteiger partial charge in [-0.2, -0.15) is 0 Å². The summed E-state index contributed by atoms with van der Waals surface area (Å²) < 4.78 is 10.7. The van der Waals surface area contributed by atoms with E-state index < -0.39 is 91.0 Å². The van der Waals surface area contributed by atoms with E-state index in [0.29, 0.717) is 19.4 Å². The molecule has 0 aromatic heterocycles. The van der Waals surface area contributed by atoms with Crippen LogP contribution in [0.15, 0.2) is 0 Å². The first-order valence-corrected chi connectivity index (χ1v) is 13.1. The van der Waals surface area contributed by atoms with Gasteiger partial charge >= 0.3 is 5.97 Å². The zero-order valence-corrected chi connectivity index (χ0v) is 22.9. The first-order chi connectivity index (χ1) is 18.7. The molecule has 1 aliphatic heterocycles. The molecule has 0 aliphatic carbocycles. The lowest BCUT2D eigenvalue weighted by Gasteiger charge is -2.41. The molecule has 0 saturated carbocycles. The van der Waals surface area contributed by atoms with Crippen LogP contribution >= 0.6 is 0 Å². The van der Waals surface area contributed by atoms with Crippen molar-refractivity contribution >= 4 is 29.6 Å². The maximum absolute atomic E-state index is 12.6. The van der Waals surface area contributed by atoms with Gasteiger partial charge < -0.3 is 57.3 Å². The number of rotatable bonds is 17. The predicted molar refractivity (Wildman–Crippen MR) is 138 cm³/mol. The molecule has 0 bridgehead atoms. The summed E-state index contributed by atoms with van der Waals surface area (Å²) >= 11 is 0. The number of carbonyl (C=O) groups excluding carboxylic acids is 4. The van der Waals surface area contributed by atoms with Crippen molar-refractivity contribution in [1.82, 2.24) is 16.0 Å². The fourth-order valence-electron chi connectivity index (χ4n) is 3.99. The van der Waals surface area contributed by atoms with Gasteiger partial charge in [-0.05, 0) is 46.1 Å². The number of aliphatic hydroxyl groups is 3. The monoisotopic (exact) mass is 577 g/mol. The Morgan fingerprint density at radius 1 is 0.975 bits per heavy atom. The molecule has 1 fully saturated rings. The first-order valence-electron chi connectivity index (χ1n) is 13.1. The van der Waals surface area contributed by atoms with Crippen LogP contribution in [0.5, 0.6) is 0 Å². The standard InChI is InChI=1S/C24H43N5O11/c1-11-19(18(32)16(10-30)40-24(11)38)39-13(3)22(35)27-12(2)21(34)29-14(20(26)33)7-8-17(31)28-15(23(36)37)6-4-5-9-25/h11-16,18-19,24,30,32,38H,4-10,25H2,1-3H3,(H2,26,33)(H,27,35)(H,28,31)(H,29,34)(H,36,37)/t11-,12-,13+,14+,15-,16?,18?,19+,24?/m0/s1. The van der Waals surface area contributed by atoms with E-state index in [-0.39, 0.29) is 19.3 Å². The first kappa shape index (κ1) is 35.1. The number of aliphatic carboxylic acids is 1. The minimum Gasteiger partial charge on any atom is -0.480 e. The van der Waals surface area contributed by atoms with Crippen molar-refractivity contribution < 1.29 is 53.9 Å². The SMILES string of the molecule is C[C@H](NC(=O)[C@@H](C)O[C@H]1C(O)C(CO)OC(O)[C@H]1C)C(=O)N[C@H](CCC(=O)N[C@@H](CCCCN)C(=O)O)C(N)=O. The molecule has 11 N–H and O–H groups in total. The molecule has 16 heteroatoms. The minimum atomic E-state index is -1.34. The lowest BCUT2D eigenvalue weighted by molar-refractivity contribution is -0.278. The number of carboxylic acid groups (broad SMARTS) is 1. The third-order valence-electron chi connectivity index (χ3n) is 6.56. The number of carboxylic acids is 1. The number of primary amides is 1. The van der Waals surface area contributed by atoms with Crippen molar-refractivity contribution in [3.63, 3.8) is 0 Å². The summed E-state index contributed by atoms with van der Waals surface area (Å²) in [6.45, 7) is 4.03. The summed E-state index contributed by atoms with van der Waals surface area (Å²) in [5, 5.41) is 46.1. The Morgan fingerprint density at radius 2 is 1.62 bits per heavy atom. The highest BCUT2D eigenvalue weighted by molar-refractivity contribution is 5.92. The van der Waals surface area contributed by atoms with Crippen LogP contribution < -0.4 is 27.4 Å². The fraction of sp³-hybridized carbons (Fsp3) is 0.792. The minimum absolute atomic E-state index is 0.183. The van der Waals surface area contributed by atoms with Gasteiger partial charge in [0.15, 0.2) is 6.29 Å². The molecule has 1 aliphatic rings. The average Bonchev–Trinajstić information content (AvgIpc) is 2.89. The lowest BCUT2D eigenvalue weighted by atomic mass is 9.92. The third kappa shape index (κ3) is 10.9. The van der Waals surface area contributed by atoms with E-state index in [2.05, 4.69) is 16.0 Å². The van der Waals surface area contributed by atoms with Crippen LogP contribution in [0.4, 0.5) is 0 Å². The maximum atomic E-state index is 12.6. The summed E-state index contributed by atoms with van der Waals surface area (Å²) in [5.41, 5.74) is 10.7. The number of hydrogen-bond acceptors (Lipinski definition) is 11. The van der Waals surface area contributed by atoms with Crippen molar-refractivity contribution in [3.8, 4) is 0 Å². The van der Waals surface area contributed by atoms with Gasteiger partial charge in [0.1, 0.15) is 36.4 Å². The number of nitrogens with two attached hydrogens (primary N) is 2. The molecule has 9 atom stereocenters. The molecule has 40 heavy (non-hydrogen) atoms. The van der Waals surface area contributed by atoms with Crippen LogP contribution in [-0.4, -0.2) is 112 Å². The van der Waals surface area contributed by atoms with Crippen LogP contribution in [0, 0.1) is 5.92 Å². The Bertz CT molecular complexity index is 876. The summed E-state index contributed by atoms with van der Waals surface area (Å²) in [6, 6.07) is -3.56. The summed E-state index contributed by atoms with van der Waals surface area (Å²) in [6.07, 6.45) is -5.27. The van der Waals surface area contributed by atoms with Crippen LogP contribution in [-0.2, 0) is 33.4 Å². The molecular weight excluding hydrogens is 534 g/mol. The molecular formula is C24H43N5O11. The van der Waals surface area contributed by atoms with Gasteiger partial charge in [-0.1, -0.05) is 6.92 Å². The van der Waals surface area contributed by atoms with E-state index in [0.717, 1.165) is 0 Å². The summed E-state index contributed by atoms with van der Waals surface area (Å²) in [7, 11) is 0. The number of unbranched alkanes of at least 4 members (excludes halogenated alkanes) is 1. The quantitative estimate of drug-likeness (QED) is 0.0759. The Morgan fingerprint density at radius 3 is 2.17 bits per heavy atom. The highest BCUT2D eigenvalue weighted by Gasteiger charge is 2.44. The predicted octanol–water partition coefficient (Wildman–Crippen LogP) is -3.58. The van der Waals surface area contributed by atoms with Gasteiger partial charge in [0, 0.05) is 12.3 Å². The van der Waals surface area contributed by atoms with Crippen LogP contribution in [0.2, 0.25) is 0 Å².